The Morgan fingerprint density at radius 1 is 0.958 bits per heavy atom. The number of hydrogen-bond donors (Lipinski definition) is 4. The number of carboxylic acid groups (broad SMARTS) is 1. The van der Waals surface area contributed by atoms with Crippen molar-refractivity contribution in [1.29, 1.82) is 0 Å². The predicted octanol–water partition coefficient (Wildman–Crippen LogP) is 2.88. The maximum absolute atomic E-state index is 14.1. The zero-order valence-electron chi connectivity index (χ0n) is 29.6. The number of likely N-dealkylation sites (tertiary alicyclic amines) is 1. The van der Waals surface area contributed by atoms with Crippen molar-refractivity contribution in [3.8, 4) is 0 Å². The molecule has 1 fully saturated rings. The Morgan fingerprint density at radius 3 is 2.12 bits per heavy atom. The number of aromatic nitrogens is 1. The van der Waals surface area contributed by atoms with Gasteiger partial charge in [0.2, 0.25) is 11.8 Å². The summed E-state index contributed by atoms with van der Waals surface area (Å²) in [6.07, 6.45) is 7.25. The smallest absolute Gasteiger partial charge is 0.418 e. The van der Waals surface area contributed by atoms with Gasteiger partial charge < -0.3 is 30.7 Å². The number of carboxylic acids is 1. The van der Waals surface area contributed by atoms with Gasteiger partial charge >= 0.3 is 18.1 Å². The standard InChI is InChI=1S/C34H53B2N5O7/c1-6-7-14-25(31(44)45)37-29(42)26(16-21-20-40(33(47)48-5)28-15-9-8-13-24(21)28)38-30(43)27(17-34(2,3)4)39-32(46)41-22(18-35)11-10-12-23(41)19-36/h8-9,13,15,20,22-23,25-27H,6-7,10-12,14,16-19,35-36H2,1-5H3,(H,37,42)(H,38,43)(H,39,46)(H,44,45)/t22-,23+,25-,26-,27+/m1/s1. The lowest BCUT2D eigenvalue weighted by molar-refractivity contribution is -0.142. The Bertz CT molecular complexity index is 1430. The third-order valence-electron chi connectivity index (χ3n) is 9.15. The number of amides is 4. The minimum Gasteiger partial charge on any atom is -0.480 e. The highest BCUT2D eigenvalue weighted by Gasteiger charge is 2.37. The molecule has 262 valence electrons. The summed E-state index contributed by atoms with van der Waals surface area (Å²) >= 11 is 0. The van der Waals surface area contributed by atoms with Crippen LogP contribution in [0.4, 0.5) is 9.59 Å². The van der Waals surface area contributed by atoms with Crippen LogP contribution in [0.5, 0.6) is 0 Å². The third-order valence-corrected chi connectivity index (χ3v) is 9.15. The molecule has 5 atom stereocenters. The van der Waals surface area contributed by atoms with Crippen LogP contribution in [-0.2, 0) is 25.5 Å². The topological polar surface area (TPSA) is 159 Å². The van der Waals surface area contributed by atoms with Gasteiger partial charge in [-0.05, 0) is 49.1 Å². The molecule has 0 radical (unpaired) electrons. The molecule has 1 saturated heterocycles. The average Bonchev–Trinajstić information content (AvgIpc) is 3.42. The van der Waals surface area contributed by atoms with Crippen molar-refractivity contribution >= 4 is 56.5 Å². The highest BCUT2D eigenvalue weighted by Crippen LogP contribution is 2.28. The number of unbranched alkanes of at least 4 members (excludes halogenated alkanes) is 1. The summed E-state index contributed by atoms with van der Waals surface area (Å²) in [6.45, 7) is 7.85. The Morgan fingerprint density at radius 2 is 1.56 bits per heavy atom. The number of hydrogen-bond acceptors (Lipinski definition) is 6. The minimum absolute atomic E-state index is 0.0413. The first-order valence-electron chi connectivity index (χ1n) is 17.3. The van der Waals surface area contributed by atoms with Gasteiger partial charge in [-0.3, -0.25) is 14.2 Å². The van der Waals surface area contributed by atoms with Crippen molar-refractivity contribution in [2.75, 3.05) is 7.11 Å². The van der Waals surface area contributed by atoms with Gasteiger partial charge in [-0.25, -0.2) is 14.4 Å². The van der Waals surface area contributed by atoms with Crippen LogP contribution in [0.3, 0.4) is 0 Å². The number of carbonyl (C=O) groups excluding carboxylic acids is 4. The summed E-state index contributed by atoms with van der Waals surface area (Å²) in [4.78, 5) is 68.4. The molecule has 12 nitrogen and oxygen atoms in total. The van der Waals surface area contributed by atoms with Gasteiger partial charge in [0.25, 0.3) is 0 Å². The van der Waals surface area contributed by atoms with Crippen LogP contribution in [-0.4, -0.2) is 97.5 Å². The lowest BCUT2D eigenvalue weighted by Gasteiger charge is -2.42. The summed E-state index contributed by atoms with van der Waals surface area (Å²) in [7, 11) is 5.40. The fraction of sp³-hybridized carbons (Fsp3) is 0.618. The molecule has 0 spiro atoms. The zero-order valence-corrected chi connectivity index (χ0v) is 29.6. The van der Waals surface area contributed by atoms with E-state index in [1.807, 2.05) is 32.6 Å². The van der Waals surface area contributed by atoms with E-state index in [0.717, 1.165) is 38.3 Å². The first-order valence-corrected chi connectivity index (χ1v) is 17.3. The molecule has 1 aromatic carbocycles. The Kier molecular flexibility index (Phi) is 14.0. The van der Waals surface area contributed by atoms with E-state index in [1.54, 1.807) is 30.5 Å². The van der Waals surface area contributed by atoms with E-state index in [2.05, 4.69) is 31.6 Å². The number of rotatable bonds is 14. The lowest BCUT2D eigenvalue weighted by atomic mass is 9.82. The van der Waals surface area contributed by atoms with Crippen molar-refractivity contribution in [3.63, 3.8) is 0 Å². The molecule has 0 bridgehead atoms. The number of benzene rings is 1. The van der Waals surface area contributed by atoms with Crippen molar-refractivity contribution in [3.05, 3.63) is 36.0 Å². The van der Waals surface area contributed by atoms with Gasteiger partial charge in [-0.2, -0.15) is 0 Å². The molecule has 0 aliphatic carbocycles. The summed E-state index contributed by atoms with van der Waals surface area (Å²) in [6, 6.07) is 3.66. The maximum atomic E-state index is 14.1. The average molecular weight is 665 g/mol. The number of piperidine rings is 1. The van der Waals surface area contributed by atoms with Gasteiger partial charge in [0.15, 0.2) is 0 Å². The number of fused-ring (bicyclic) bond motifs is 1. The second kappa shape index (κ2) is 17.4. The molecular weight excluding hydrogens is 612 g/mol. The maximum Gasteiger partial charge on any atom is 0.418 e. The number of ether oxygens (including phenoxy) is 1. The molecule has 1 aromatic heterocycles. The number of para-hydroxylation sites is 1. The molecule has 1 aliphatic rings. The number of nitrogens with zero attached hydrogens (tertiary/aromatic N) is 2. The first-order chi connectivity index (χ1) is 22.7. The quantitative estimate of drug-likeness (QED) is 0.226. The van der Waals surface area contributed by atoms with Crippen LogP contribution in [0.15, 0.2) is 30.5 Å². The van der Waals surface area contributed by atoms with E-state index in [-0.39, 0.29) is 36.4 Å². The Balaban J connectivity index is 1.98. The molecule has 1 aliphatic heterocycles. The Labute approximate surface area is 285 Å². The highest BCUT2D eigenvalue weighted by atomic mass is 16.5. The SMILES string of the molecule is BC[C@@H]1CCC[C@H](CB)N1C(=O)N[C@@H](CC(C)(C)C)C(=O)N[C@H](Cc1cn(C(=O)OC)c2ccccc12)C(=O)N[C@H](CCCC)C(=O)O. The molecule has 2 heterocycles. The largest absolute Gasteiger partial charge is 0.480 e. The second-order valence-electron chi connectivity index (χ2n) is 14.0. The van der Waals surface area contributed by atoms with E-state index < -0.39 is 42.0 Å². The van der Waals surface area contributed by atoms with Gasteiger partial charge in [0, 0.05) is 30.1 Å². The van der Waals surface area contributed by atoms with Gasteiger partial charge in [-0.1, -0.05) is 71.4 Å². The van der Waals surface area contributed by atoms with Gasteiger partial charge in [0.05, 0.1) is 12.6 Å². The van der Waals surface area contributed by atoms with Crippen molar-refractivity contribution in [1.82, 2.24) is 25.4 Å². The summed E-state index contributed by atoms with van der Waals surface area (Å²) in [5.41, 5.74) is 0.788. The molecule has 14 heteroatoms. The number of carbonyl (C=O) groups is 5. The second-order valence-corrected chi connectivity index (χ2v) is 14.0. The van der Waals surface area contributed by atoms with E-state index in [0.29, 0.717) is 29.3 Å². The fourth-order valence-electron chi connectivity index (χ4n) is 6.65. The van der Waals surface area contributed by atoms with Crippen LogP contribution in [0.2, 0.25) is 12.6 Å². The molecule has 3 rings (SSSR count). The van der Waals surface area contributed by atoms with Crippen LogP contribution in [0, 0.1) is 5.41 Å². The van der Waals surface area contributed by atoms with Crippen molar-refractivity contribution < 1.29 is 33.8 Å². The molecule has 2 aromatic rings. The predicted molar refractivity (Wildman–Crippen MR) is 191 cm³/mol. The van der Waals surface area contributed by atoms with Crippen molar-refractivity contribution in [2.24, 2.45) is 5.41 Å². The minimum atomic E-state index is -1.21. The Hall–Kier alpha value is -3.96. The molecule has 4 N–H and O–H groups in total. The fourth-order valence-corrected chi connectivity index (χ4v) is 6.65. The molecule has 0 unspecified atom stereocenters. The van der Waals surface area contributed by atoms with Crippen LogP contribution in [0.25, 0.3) is 10.9 Å². The molecule has 0 saturated carbocycles. The van der Waals surface area contributed by atoms with Crippen molar-refractivity contribution in [2.45, 2.75) is 122 Å². The molecule has 4 amide bonds. The normalized spacial score (nSPS) is 18.4. The number of urea groups is 1. The van der Waals surface area contributed by atoms with Crippen LogP contribution in [0.1, 0.15) is 78.2 Å². The van der Waals surface area contributed by atoms with E-state index in [9.17, 15) is 29.1 Å². The monoisotopic (exact) mass is 665 g/mol. The summed E-state index contributed by atoms with van der Waals surface area (Å²) < 4.78 is 6.28. The number of methoxy groups -OCH3 is 1. The first kappa shape index (κ1) is 38.5. The lowest BCUT2D eigenvalue weighted by Crippen LogP contribution is -2.60. The van der Waals surface area contributed by atoms with Gasteiger partial charge in [-0.15, -0.1) is 0 Å². The molecule has 48 heavy (non-hydrogen) atoms. The van der Waals surface area contributed by atoms with Gasteiger partial charge in [0.1, 0.15) is 33.8 Å². The number of aliphatic carboxylic acids is 1. The summed E-state index contributed by atoms with van der Waals surface area (Å²) in [5.74, 6) is -2.39. The van der Waals surface area contributed by atoms with E-state index in [1.165, 1.54) is 11.7 Å². The van der Waals surface area contributed by atoms with Crippen LogP contribution >= 0.6 is 0 Å². The third kappa shape index (κ3) is 10.0. The summed E-state index contributed by atoms with van der Waals surface area (Å²) in [5, 5.41) is 19.0. The molecular formula is C34H53B2N5O7. The number of nitrogens with one attached hydrogen (secondary N) is 3. The zero-order chi connectivity index (χ0) is 35.6. The van der Waals surface area contributed by atoms with E-state index in [4.69, 9.17) is 4.74 Å². The van der Waals surface area contributed by atoms with Crippen LogP contribution < -0.4 is 16.0 Å². The highest BCUT2D eigenvalue weighted by molar-refractivity contribution is 6.10. The van der Waals surface area contributed by atoms with E-state index >= 15 is 0 Å².